The number of urea groups is 1. The van der Waals surface area contributed by atoms with Crippen molar-refractivity contribution < 1.29 is 24.2 Å². The zero-order valence-corrected chi connectivity index (χ0v) is 12.1. The molecule has 8 heteroatoms. The number of nitrogens with zero attached hydrogens (tertiary/aromatic N) is 1. The number of nitrogens with one attached hydrogen (secondary N) is 1. The molecule has 0 bridgehead atoms. The van der Waals surface area contributed by atoms with Gasteiger partial charge in [0.1, 0.15) is 6.04 Å². The highest BCUT2D eigenvalue weighted by molar-refractivity contribution is 5.83. The maximum atomic E-state index is 12.0. The molecule has 0 fully saturated rings. The van der Waals surface area contributed by atoms with Crippen molar-refractivity contribution in [1.82, 2.24) is 10.2 Å². The van der Waals surface area contributed by atoms with Gasteiger partial charge in [-0.05, 0) is 20.3 Å². The van der Waals surface area contributed by atoms with Gasteiger partial charge in [-0.2, -0.15) is 0 Å². The SMILES string of the molecule is COCCN(C(=O)NC(CCC(N)=O)C(=O)O)C(C)C. The highest BCUT2D eigenvalue weighted by atomic mass is 16.5. The van der Waals surface area contributed by atoms with Crippen LogP contribution in [-0.4, -0.2) is 60.3 Å². The number of methoxy groups -OCH3 is 1. The molecule has 4 N–H and O–H groups in total. The van der Waals surface area contributed by atoms with Gasteiger partial charge in [-0.3, -0.25) is 4.79 Å². The summed E-state index contributed by atoms with van der Waals surface area (Å²) in [6.45, 7) is 4.33. The number of carbonyl (C=O) groups is 3. The van der Waals surface area contributed by atoms with E-state index < -0.39 is 23.9 Å². The number of carboxylic acid groups (broad SMARTS) is 1. The largest absolute Gasteiger partial charge is 0.480 e. The summed E-state index contributed by atoms with van der Waals surface area (Å²) in [4.78, 5) is 35.2. The van der Waals surface area contributed by atoms with Gasteiger partial charge in [0.2, 0.25) is 5.91 Å². The lowest BCUT2D eigenvalue weighted by Gasteiger charge is -2.28. The first-order chi connectivity index (χ1) is 9.29. The van der Waals surface area contributed by atoms with Crippen LogP contribution in [0.2, 0.25) is 0 Å². The Hall–Kier alpha value is -1.83. The minimum Gasteiger partial charge on any atom is -0.480 e. The number of nitrogens with two attached hydrogens (primary N) is 1. The van der Waals surface area contributed by atoms with Crippen molar-refractivity contribution in [2.24, 2.45) is 5.73 Å². The third kappa shape index (κ3) is 6.93. The lowest BCUT2D eigenvalue weighted by molar-refractivity contribution is -0.139. The van der Waals surface area contributed by atoms with Crippen LogP contribution in [-0.2, 0) is 14.3 Å². The molecule has 0 saturated heterocycles. The maximum Gasteiger partial charge on any atom is 0.326 e. The second kappa shape index (κ2) is 9.13. The van der Waals surface area contributed by atoms with Crippen LogP contribution < -0.4 is 11.1 Å². The number of amides is 3. The number of hydrogen-bond donors (Lipinski definition) is 3. The smallest absolute Gasteiger partial charge is 0.326 e. The van der Waals surface area contributed by atoms with Crippen LogP contribution >= 0.6 is 0 Å². The van der Waals surface area contributed by atoms with Crippen molar-refractivity contribution in [2.75, 3.05) is 20.3 Å². The summed E-state index contributed by atoms with van der Waals surface area (Å²) in [6, 6.07) is -1.75. The van der Waals surface area contributed by atoms with Gasteiger partial charge in [0, 0.05) is 26.1 Å². The van der Waals surface area contributed by atoms with Crippen molar-refractivity contribution >= 4 is 17.9 Å². The number of hydrogen-bond acceptors (Lipinski definition) is 4. The zero-order valence-electron chi connectivity index (χ0n) is 12.1. The molecular weight excluding hydrogens is 266 g/mol. The summed E-state index contributed by atoms with van der Waals surface area (Å²) in [6.07, 6.45) is -0.135. The molecule has 1 unspecified atom stereocenters. The highest BCUT2D eigenvalue weighted by Crippen LogP contribution is 2.03. The minimum atomic E-state index is -1.20. The normalized spacial score (nSPS) is 12.0. The Labute approximate surface area is 118 Å². The van der Waals surface area contributed by atoms with E-state index in [9.17, 15) is 14.4 Å². The van der Waals surface area contributed by atoms with E-state index in [0.29, 0.717) is 13.2 Å². The van der Waals surface area contributed by atoms with Gasteiger partial charge in [-0.1, -0.05) is 0 Å². The average Bonchev–Trinajstić information content (AvgIpc) is 2.33. The quantitative estimate of drug-likeness (QED) is 0.541. The Kier molecular flexibility index (Phi) is 8.30. The molecule has 0 aliphatic carbocycles. The first kappa shape index (κ1) is 18.2. The molecule has 0 aromatic carbocycles. The maximum absolute atomic E-state index is 12.0. The van der Waals surface area contributed by atoms with E-state index in [1.165, 1.54) is 12.0 Å². The van der Waals surface area contributed by atoms with Crippen LogP contribution in [0.1, 0.15) is 26.7 Å². The Morgan fingerprint density at radius 3 is 2.35 bits per heavy atom. The second-order valence-corrected chi connectivity index (χ2v) is 4.63. The predicted molar refractivity (Wildman–Crippen MR) is 72.1 cm³/mol. The summed E-state index contributed by atoms with van der Waals surface area (Å²) in [5, 5.41) is 11.4. The molecule has 20 heavy (non-hydrogen) atoms. The number of carboxylic acids is 1. The first-order valence-corrected chi connectivity index (χ1v) is 6.36. The predicted octanol–water partition coefficient (Wildman–Crippen LogP) is -0.228. The van der Waals surface area contributed by atoms with Crippen LogP contribution in [0.15, 0.2) is 0 Å². The van der Waals surface area contributed by atoms with E-state index in [0.717, 1.165) is 0 Å². The minimum absolute atomic E-state index is 0.0351. The van der Waals surface area contributed by atoms with Gasteiger partial charge < -0.3 is 25.8 Å². The zero-order chi connectivity index (χ0) is 15.7. The van der Waals surface area contributed by atoms with E-state index in [1.54, 1.807) is 0 Å². The summed E-state index contributed by atoms with van der Waals surface area (Å²) in [5.74, 6) is -1.80. The molecule has 116 valence electrons. The number of primary amides is 1. The third-order valence-electron chi connectivity index (χ3n) is 2.70. The summed E-state index contributed by atoms with van der Waals surface area (Å²) >= 11 is 0. The molecule has 0 aromatic rings. The molecule has 0 heterocycles. The van der Waals surface area contributed by atoms with Crippen LogP contribution in [0.5, 0.6) is 0 Å². The number of rotatable bonds is 9. The van der Waals surface area contributed by atoms with Gasteiger partial charge in [0.25, 0.3) is 0 Å². The summed E-state index contributed by atoms with van der Waals surface area (Å²) in [7, 11) is 1.52. The molecular formula is C12H23N3O5. The Bertz CT molecular complexity index is 346. The number of aliphatic carboxylic acids is 1. The molecule has 0 aromatic heterocycles. The van der Waals surface area contributed by atoms with E-state index >= 15 is 0 Å². The van der Waals surface area contributed by atoms with Gasteiger partial charge >= 0.3 is 12.0 Å². The fourth-order valence-corrected chi connectivity index (χ4v) is 1.56. The van der Waals surface area contributed by atoms with Crippen LogP contribution in [0.25, 0.3) is 0 Å². The Morgan fingerprint density at radius 1 is 1.35 bits per heavy atom. The van der Waals surface area contributed by atoms with E-state index in [-0.39, 0.29) is 18.9 Å². The van der Waals surface area contributed by atoms with Crippen molar-refractivity contribution in [3.8, 4) is 0 Å². The van der Waals surface area contributed by atoms with Crippen LogP contribution in [0.4, 0.5) is 4.79 Å². The molecule has 0 aliphatic rings. The third-order valence-corrected chi connectivity index (χ3v) is 2.70. The topological polar surface area (TPSA) is 122 Å². The second-order valence-electron chi connectivity index (χ2n) is 4.63. The van der Waals surface area contributed by atoms with E-state index in [4.69, 9.17) is 15.6 Å². The summed E-state index contributed by atoms with van der Waals surface area (Å²) < 4.78 is 4.90. The monoisotopic (exact) mass is 289 g/mol. The Morgan fingerprint density at radius 2 is 1.95 bits per heavy atom. The molecule has 0 aliphatic heterocycles. The van der Waals surface area contributed by atoms with Gasteiger partial charge in [-0.25, -0.2) is 9.59 Å². The van der Waals surface area contributed by atoms with E-state index in [2.05, 4.69) is 5.32 Å². The molecule has 0 saturated carbocycles. The fraction of sp³-hybridized carbons (Fsp3) is 0.750. The van der Waals surface area contributed by atoms with Crippen molar-refractivity contribution in [3.05, 3.63) is 0 Å². The first-order valence-electron chi connectivity index (χ1n) is 6.36. The van der Waals surface area contributed by atoms with Crippen LogP contribution in [0, 0.1) is 0 Å². The van der Waals surface area contributed by atoms with Crippen molar-refractivity contribution in [1.29, 1.82) is 0 Å². The Balaban J connectivity index is 4.61. The average molecular weight is 289 g/mol. The number of carbonyl (C=O) groups excluding carboxylic acids is 2. The van der Waals surface area contributed by atoms with Crippen LogP contribution in [0.3, 0.4) is 0 Å². The van der Waals surface area contributed by atoms with Crippen molar-refractivity contribution in [3.63, 3.8) is 0 Å². The fourth-order valence-electron chi connectivity index (χ4n) is 1.56. The van der Waals surface area contributed by atoms with Gasteiger partial charge in [0.15, 0.2) is 0 Å². The standard InChI is InChI=1S/C12H23N3O5/c1-8(2)15(6-7-20-3)12(19)14-9(11(17)18)4-5-10(13)16/h8-9H,4-7H2,1-3H3,(H2,13,16)(H,14,19)(H,17,18). The van der Waals surface area contributed by atoms with Crippen molar-refractivity contribution in [2.45, 2.75) is 38.8 Å². The molecule has 0 radical (unpaired) electrons. The highest BCUT2D eigenvalue weighted by Gasteiger charge is 2.24. The lowest BCUT2D eigenvalue weighted by atomic mass is 10.1. The van der Waals surface area contributed by atoms with Gasteiger partial charge in [-0.15, -0.1) is 0 Å². The molecule has 8 nitrogen and oxygen atoms in total. The molecule has 3 amide bonds. The van der Waals surface area contributed by atoms with Gasteiger partial charge in [0.05, 0.1) is 6.61 Å². The molecule has 0 rings (SSSR count). The summed E-state index contributed by atoms with van der Waals surface area (Å²) in [5.41, 5.74) is 4.97. The van der Waals surface area contributed by atoms with E-state index in [1.807, 2.05) is 13.8 Å². The molecule has 0 spiro atoms. The lowest BCUT2D eigenvalue weighted by Crippen LogP contribution is -2.51. The number of ether oxygens (including phenoxy) is 1. The molecule has 1 atom stereocenters.